The number of aliphatic hydroxyl groups is 1. The first-order valence-corrected chi connectivity index (χ1v) is 18.8. The smallest absolute Gasteiger partial charge is 0.328 e. The molecule has 2 aromatic carbocycles. The molecule has 290 valence electrons. The van der Waals surface area contributed by atoms with Crippen molar-refractivity contribution >= 4 is 35.3 Å². The number of nitrogens with one attached hydrogen (secondary N) is 3. The Labute approximate surface area is 313 Å². The average Bonchev–Trinajstić information content (AvgIpc) is 3.65. The van der Waals surface area contributed by atoms with E-state index in [1.54, 1.807) is 19.1 Å². The summed E-state index contributed by atoms with van der Waals surface area (Å²) in [6, 6.07) is 13.1. The highest BCUT2D eigenvalue weighted by Gasteiger charge is 2.36. The van der Waals surface area contributed by atoms with Crippen molar-refractivity contribution < 1.29 is 43.5 Å². The maximum atomic E-state index is 14.0. The van der Waals surface area contributed by atoms with Crippen LogP contribution in [-0.4, -0.2) is 102 Å². The van der Waals surface area contributed by atoms with Crippen LogP contribution in [0.5, 0.6) is 0 Å². The monoisotopic (exact) mass is 735 g/mol. The molecule has 3 amide bonds. The van der Waals surface area contributed by atoms with Gasteiger partial charge in [0.2, 0.25) is 11.8 Å². The van der Waals surface area contributed by atoms with Crippen LogP contribution in [0.4, 0.5) is 0 Å². The van der Waals surface area contributed by atoms with E-state index < -0.39 is 60.3 Å². The molecule has 1 fully saturated rings. The van der Waals surface area contributed by atoms with E-state index in [2.05, 4.69) is 37.1 Å². The number of aryl methyl sites for hydroxylation is 1. The number of rotatable bonds is 22. The average molecular weight is 736 g/mol. The molecule has 0 radical (unpaired) electrons. The molecule has 5 N–H and O–H groups in total. The first kappa shape index (κ1) is 43.0. The molecule has 12 heteroatoms. The molecule has 5 atom stereocenters. The molecule has 2 aromatic rings. The van der Waals surface area contributed by atoms with Crippen LogP contribution in [0.1, 0.15) is 86.2 Å². The van der Waals surface area contributed by atoms with Gasteiger partial charge in [-0.1, -0.05) is 67.8 Å². The van der Waals surface area contributed by atoms with Crippen LogP contribution in [0.15, 0.2) is 54.6 Å². The van der Waals surface area contributed by atoms with E-state index in [-0.39, 0.29) is 36.7 Å². The second-order valence-electron chi connectivity index (χ2n) is 15.6. The van der Waals surface area contributed by atoms with Crippen LogP contribution in [0.25, 0.3) is 0 Å². The summed E-state index contributed by atoms with van der Waals surface area (Å²) in [6.45, 7) is 3.59. The number of aliphatic hydroxyl groups excluding tert-OH is 1. The molecule has 53 heavy (non-hydrogen) atoms. The molecular weight excluding hydrogens is 676 g/mol. The van der Waals surface area contributed by atoms with E-state index in [0.29, 0.717) is 18.4 Å². The van der Waals surface area contributed by atoms with Crippen LogP contribution in [0, 0.1) is 24.7 Å². The van der Waals surface area contributed by atoms with Crippen molar-refractivity contribution in [3.63, 3.8) is 0 Å². The number of carbonyl (C=O) groups excluding carboxylic acids is 5. The van der Waals surface area contributed by atoms with Gasteiger partial charge in [0.05, 0.1) is 46.4 Å². The van der Waals surface area contributed by atoms with Crippen LogP contribution >= 0.6 is 0 Å². The molecule has 1 aliphatic rings. The number of quaternary nitrogens is 1. The molecule has 0 aliphatic heterocycles. The second-order valence-corrected chi connectivity index (χ2v) is 15.6. The number of carboxylic acids is 1. The van der Waals surface area contributed by atoms with Crippen LogP contribution < -0.4 is 16.0 Å². The molecule has 0 saturated heterocycles. The fraction of sp³-hybridized carbons (Fsp3) is 0.561. The minimum atomic E-state index is -1.50. The number of benzene rings is 2. The number of hydrogen-bond acceptors (Lipinski definition) is 7. The second kappa shape index (κ2) is 20.7. The third kappa shape index (κ3) is 14.5. The zero-order valence-electron chi connectivity index (χ0n) is 31.9. The fourth-order valence-electron chi connectivity index (χ4n) is 6.77. The molecule has 2 unspecified atom stereocenters. The van der Waals surface area contributed by atoms with Gasteiger partial charge >= 0.3 is 5.97 Å². The van der Waals surface area contributed by atoms with Gasteiger partial charge in [-0.15, -0.1) is 0 Å². The van der Waals surface area contributed by atoms with Gasteiger partial charge in [-0.2, -0.15) is 0 Å². The molecule has 0 aromatic heterocycles. The predicted molar refractivity (Wildman–Crippen MR) is 202 cm³/mol. The maximum absolute atomic E-state index is 14.0. The Hall–Kier alpha value is -4.42. The topological polar surface area (TPSA) is 179 Å². The van der Waals surface area contributed by atoms with Crippen LogP contribution in [0.2, 0.25) is 0 Å². The van der Waals surface area contributed by atoms with E-state index >= 15 is 0 Å². The van der Waals surface area contributed by atoms with Gasteiger partial charge in [0.25, 0.3) is 5.91 Å². The third-order valence-electron chi connectivity index (χ3n) is 10.0. The Kier molecular flexibility index (Phi) is 16.8. The lowest BCUT2D eigenvalue weighted by Gasteiger charge is -2.28. The van der Waals surface area contributed by atoms with Crippen molar-refractivity contribution in [2.45, 2.75) is 96.2 Å². The number of Topliss-reactive ketones (excluding diaryl/α,β-unsaturated/α-hetero) is 2. The van der Waals surface area contributed by atoms with Crippen molar-refractivity contribution in [1.29, 1.82) is 0 Å². The highest BCUT2D eigenvalue weighted by Crippen LogP contribution is 2.30. The van der Waals surface area contributed by atoms with Crippen molar-refractivity contribution in [1.82, 2.24) is 16.0 Å². The molecule has 0 bridgehead atoms. The zero-order chi connectivity index (χ0) is 39.1. The molecule has 3 rings (SSSR count). The number of ketones is 2. The van der Waals surface area contributed by atoms with Crippen molar-refractivity contribution in [2.75, 3.05) is 34.3 Å². The Bertz CT molecular complexity index is 1530. The Morgan fingerprint density at radius 3 is 2.02 bits per heavy atom. The Morgan fingerprint density at radius 2 is 1.43 bits per heavy atom. The molecule has 1 saturated carbocycles. The van der Waals surface area contributed by atoms with Gasteiger partial charge in [-0.25, -0.2) is 4.79 Å². The summed E-state index contributed by atoms with van der Waals surface area (Å²) in [5.41, 5.74) is 2.26. The number of aliphatic carboxylic acids is 1. The lowest BCUT2D eigenvalue weighted by molar-refractivity contribution is -0.870. The fourth-order valence-corrected chi connectivity index (χ4v) is 6.77. The van der Waals surface area contributed by atoms with E-state index in [9.17, 15) is 39.0 Å². The summed E-state index contributed by atoms with van der Waals surface area (Å²) in [7, 11) is 6.17. The number of carboxylic acid groups (broad SMARTS) is 1. The van der Waals surface area contributed by atoms with E-state index in [0.717, 1.165) is 54.3 Å². The first-order chi connectivity index (χ1) is 25.1. The summed E-state index contributed by atoms with van der Waals surface area (Å²) in [6.07, 6.45) is 4.86. The summed E-state index contributed by atoms with van der Waals surface area (Å²) >= 11 is 0. The van der Waals surface area contributed by atoms with Crippen molar-refractivity contribution in [3.8, 4) is 0 Å². The van der Waals surface area contributed by atoms with Gasteiger partial charge in [0.15, 0.2) is 11.6 Å². The number of amides is 3. The summed E-state index contributed by atoms with van der Waals surface area (Å²) in [4.78, 5) is 79.5. The first-order valence-electron chi connectivity index (χ1n) is 18.8. The van der Waals surface area contributed by atoms with E-state index in [1.807, 2.05) is 49.4 Å². The minimum absolute atomic E-state index is 0.139. The quantitative estimate of drug-likeness (QED) is 0.0899. The van der Waals surface area contributed by atoms with Gasteiger partial charge < -0.3 is 30.6 Å². The molecule has 12 nitrogen and oxygen atoms in total. The maximum Gasteiger partial charge on any atom is 0.328 e. The number of carbonyl (C=O) groups is 6. The Morgan fingerprint density at radius 1 is 0.792 bits per heavy atom. The largest absolute Gasteiger partial charge is 0.480 e. The van der Waals surface area contributed by atoms with Crippen molar-refractivity contribution in [2.24, 2.45) is 17.8 Å². The lowest BCUT2D eigenvalue weighted by atomic mass is 9.86. The van der Waals surface area contributed by atoms with Gasteiger partial charge in [0, 0.05) is 30.2 Å². The zero-order valence-corrected chi connectivity index (χ0v) is 31.9. The van der Waals surface area contributed by atoms with Gasteiger partial charge in [0.1, 0.15) is 6.04 Å². The van der Waals surface area contributed by atoms with Crippen LogP contribution in [-0.2, 0) is 30.4 Å². The number of nitrogens with zero attached hydrogens (tertiary/aromatic N) is 1. The summed E-state index contributed by atoms with van der Waals surface area (Å²) in [5, 5.41) is 27.1. The van der Waals surface area contributed by atoms with E-state index in [1.165, 1.54) is 0 Å². The summed E-state index contributed by atoms with van der Waals surface area (Å²) in [5.74, 6) is -5.31. The lowest BCUT2D eigenvalue weighted by Crippen LogP contribution is -2.50. The van der Waals surface area contributed by atoms with Crippen molar-refractivity contribution in [3.05, 3.63) is 71.3 Å². The Balaban J connectivity index is 1.75. The van der Waals surface area contributed by atoms with Gasteiger partial charge in [-0.3, -0.25) is 24.0 Å². The van der Waals surface area contributed by atoms with Gasteiger partial charge in [-0.05, 0) is 69.1 Å². The molecule has 0 spiro atoms. The highest BCUT2D eigenvalue weighted by molar-refractivity contribution is 5.99. The minimum Gasteiger partial charge on any atom is -0.480 e. The predicted octanol–water partition coefficient (Wildman–Crippen LogP) is 3.62. The standard InChI is InChI=1S/C41H58N4O8/c1-27-18-20-31(21-19-27)39(50)42-33(24-29-13-7-6-8-14-29)35(47)23-28(2)38(49)44-37(30-15-9-10-16-30)36(48)25-32(17-11-12-22-45(3,4)5)40(51)43-34(26-46)41(52)53/h6-8,13-14,18-21,28,30,32-34,37,46H,9-12,15-17,22-26H2,1-5H3,(H3-,42,43,44,49,50,51,52,53)/p+1/t28?,32-,33+,34?,37+/m1/s1. The third-order valence-corrected chi connectivity index (χ3v) is 10.0. The molecule has 0 heterocycles. The molecule has 1 aliphatic carbocycles. The normalized spacial score (nSPS) is 16.1. The van der Waals surface area contributed by atoms with E-state index in [4.69, 9.17) is 0 Å². The van der Waals surface area contributed by atoms with Crippen LogP contribution in [0.3, 0.4) is 0 Å². The number of unbranched alkanes of at least 4 members (excludes halogenated alkanes) is 1. The number of hydrogen-bond donors (Lipinski definition) is 5. The SMILES string of the molecule is Cc1ccc(C(=O)N[C@@H](Cc2ccccc2)C(=O)CC(C)C(=O)N[C@H](C(=O)C[C@@H](CCCC[N+](C)(C)C)C(=O)NC(CO)C(=O)O)C2CCCC2)cc1. The molecular formula is C41H59N4O8+. The highest BCUT2D eigenvalue weighted by atomic mass is 16.4. The summed E-state index contributed by atoms with van der Waals surface area (Å²) < 4.78 is 0.726.